The first-order valence-corrected chi connectivity index (χ1v) is 6.23. The van der Waals surface area contributed by atoms with Crippen molar-refractivity contribution in [2.24, 2.45) is 5.92 Å². The predicted molar refractivity (Wildman–Crippen MR) is 72.0 cm³/mol. The average molecular weight is 267 g/mol. The Kier molecular flexibility index (Phi) is 5.79. The van der Waals surface area contributed by atoms with E-state index in [4.69, 9.17) is 4.74 Å². The highest BCUT2D eigenvalue weighted by molar-refractivity contribution is 5.95. The molecule has 0 saturated heterocycles. The normalized spacial score (nSPS) is 10.6. The van der Waals surface area contributed by atoms with Gasteiger partial charge in [0.15, 0.2) is 0 Å². The summed E-state index contributed by atoms with van der Waals surface area (Å²) >= 11 is 0. The van der Waals surface area contributed by atoms with Crippen molar-refractivity contribution in [1.29, 1.82) is 0 Å². The number of benzene rings is 1. The van der Waals surface area contributed by atoms with E-state index in [1.165, 1.54) is 7.11 Å². The van der Waals surface area contributed by atoms with E-state index in [2.05, 4.69) is 5.32 Å². The second-order valence-electron chi connectivity index (χ2n) is 4.74. The first-order valence-electron chi connectivity index (χ1n) is 6.23. The van der Waals surface area contributed by atoms with Gasteiger partial charge in [-0.2, -0.15) is 0 Å². The summed E-state index contributed by atoms with van der Waals surface area (Å²) in [6.07, 6.45) is 0. The lowest BCUT2D eigenvalue weighted by Crippen LogP contribution is -2.27. The van der Waals surface area contributed by atoms with Crippen molar-refractivity contribution in [3.05, 3.63) is 28.8 Å². The Hall–Kier alpha value is -1.59. The summed E-state index contributed by atoms with van der Waals surface area (Å²) in [6.45, 7) is 4.10. The molecule has 5 nitrogen and oxygen atoms in total. The Morgan fingerprint density at radius 3 is 2.47 bits per heavy atom. The highest BCUT2D eigenvalue weighted by atomic mass is 16.5. The van der Waals surface area contributed by atoms with Crippen LogP contribution in [0.25, 0.3) is 0 Å². The molecule has 1 rings (SSSR count). The summed E-state index contributed by atoms with van der Waals surface area (Å²) < 4.78 is 5.14. The maximum Gasteiger partial charge on any atom is 0.251 e. The molecule has 0 saturated carbocycles. The molecular formula is C14H21NO4. The SMILES string of the molecule is COc1cc(C(=O)NCC(C)C)cc(CO)c1CO. The average Bonchev–Trinajstić information content (AvgIpc) is 2.42. The highest BCUT2D eigenvalue weighted by Crippen LogP contribution is 2.25. The molecule has 3 N–H and O–H groups in total. The van der Waals surface area contributed by atoms with E-state index >= 15 is 0 Å². The largest absolute Gasteiger partial charge is 0.496 e. The third kappa shape index (κ3) is 3.94. The van der Waals surface area contributed by atoms with Gasteiger partial charge >= 0.3 is 0 Å². The third-order valence-corrected chi connectivity index (χ3v) is 2.78. The smallest absolute Gasteiger partial charge is 0.251 e. The van der Waals surface area contributed by atoms with Gasteiger partial charge in [0.1, 0.15) is 5.75 Å². The molecule has 0 aliphatic carbocycles. The maximum atomic E-state index is 12.0. The summed E-state index contributed by atoms with van der Waals surface area (Å²) in [5.74, 6) is 0.551. The van der Waals surface area contributed by atoms with Gasteiger partial charge in [-0.15, -0.1) is 0 Å². The number of aliphatic hydroxyl groups is 2. The van der Waals surface area contributed by atoms with E-state index < -0.39 is 0 Å². The lowest BCUT2D eigenvalue weighted by Gasteiger charge is -2.14. The number of amides is 1. The number of hydrogen-bond donors (Lipinski definition) is 3. The molecule has 0 spiro atoms. The number of carbonyl (C=O) groups is 1. The number of hydrogen-bond acceptors (Lipinski definition) is 4. The van der Waals surface area contributed by atoms with Crippen molar-refractivity contribution >= 4 is 5.91 Å². The molecule has 5 heteroatoms. The molecule has 0 atom stereocenters. The lowest BCUT2D eigenvalue weighted by atomic mass is 10.0. The van der Waals surface area contributed by atoms with E-state index in [9.17, 15) is 15.0 Å². The Balaban J connectivity index is 3.05. The van der Waals surface area contributed by atoms with Crippen LogP contribution in [0.2, 0.25) is 0 Å². The van der Waals surface area contributed by atoms with Crippen LogP contribution in [-0.4, -0.2) is 29.8 Å². The van der Waals surface area contributed by atoms with Crippen LogP contribution in [0.4, 0.5) is 0 Å². The second kappa shape index (κ2) is 7.11. The molecular weight excluding hydrogens is 246 g/mol. The Bertz CT molecular complexity index is 418. The Labute approximate surface area is 113 Å². The number of nitrogens with one attached hydrogen (secondary N) is 1. The molecule has 19 heavy (non-hydrogen) atoms. The second-order valence-corrected chi connectivity index (χ2v) is 4.74. The van der Waals surface area contributed by atoms with Gasteiger partial charge < -0.3 is 20.3 Å². The molecule has 1 amide bonds. The number of rotatable bonds is 6. The fourth-order valence-corrected chi connectivity index (χ4v) is 1.74. The summed E-state index contributed by atoms with van der Waals surface area (Å²) in [7, 11) is 1.46. The van der Waals surface area contributed by atoms with Crippen LogP contribution < -0.4 is 10.1 Å². The minimum Gasteiger partial charge on any atom is -0.496 e. The van der Waals surface area contributed by atoms with Gasteiger partial charge in [0.05, 0.1) is 20.3 Å². The molecule has 0 aromatic heterocycles. The van der Waals surface area contributed by atoms with Crippen LogP contribution in [0.3, 0.4) is 0 Å². The maximum absolute atomic E-state index is 12.0. The fourth-order valence-electron chi connectivity index (χ4n) is 1.74. The van der Waals surface area contributed by atoms with Crippen LogP contribution in [-0.2, 0) is 13.2 Å². The van der Waals surface area contributed by atoms with Crippen LogP contribution in [0.15, 0.2) is 12.1 Å². The van der Waals surface area contributed by atoms with E-state index in [0.717, 1.165) is 0 Å². The first-order chi connectivity index (χ1) is 9.03. The molecule has 0 radical (unpaired) electrons. The van der Waals surface area contributed by atoms with Crippen LogP contribution in [0, 0.1) is 5.92 Å². The summed E-state index contributed by atoms with van der Waals surface area (Å²) in [5, 5.41) is 21.4. The quantitative estimate of drug-likeness (QED) is 0.720. The molecule has 0 heterocycles. The van der Waals surface area contributed by atoms with Gasteiger partial charge in [-0.05, 0) is 23.6 Å². The molecule has 0 unspecified atom stereocenters. The van der Waals surface area contributed by atoms with Crippen molar-refractivity contribution in [3.63, 3.8) is 0 Å². The van der Waals surface area contributed by atoms with Crippen molar-refractivity contribution < 1.29 is 19.7 Å². The summed E-state index contributed by atoms with van der Waals surface area (Å²) in [6, 6.07) is 3.14. The Morgan fingerprint density at radius 1 is 1.32 bits per heavy atom. The molecule has 0 aliphatic heterocycles. The topological polar surface area (TPSA) is 78.8 Å². The first kappa shape index (κ1) is 15.5. The van der Waals surface area contributed by atoms with Gasteiger partial charge in [0, 0.05) is 17.7 Å². The van der Waals surface area contributed by atoms with Crippen LogP contribution >= 0.6 is 0 Å². The van der Waals surface area contributed by atoms with E-state index in [1.54, 1.807) is 12.1 Å². The monoisotopic (exact) mass is 267 g/mol. The van der Waals surface area contributed by atoms with Gasteiger partial charge in [0.25, 0.3) is 5.91 Å². The van der Waals surface area contributed by atoms with Gasteiger partial charge in [0.2, 0.25) is 0 Å². The summed E-state index contributed by atoms with van der Waals surface area (Å²) in [4.78, 5) is 12.0. The highest BCUT2D eigenvalue weighted by Gasteiger charge is 2.14. The number of carbonyl (C=O) groups excluding carboxylic acids is 1. The van der Waals surface area contributed by atoms with Gasteiger partial charge in [-0.3, -0.25) is 4.79 Å². The zero-order valence-electron chi connectivity index (χ0n) is 11.6. The fraction of sp³-hybridized carbons (Fsp3) is 0.500. The minimum atomic E-state index is -0.252. The molecule has 1 aromatic carbocycles. The predicted octanol–water partition coefficient (Wildman–Crippen LogP) is 1.07. The van der Waals surface area contributed by atoms with Crippen molar-refractivity contribution in [2.75, 3.05) is 13.7 Å². The zero-order valence-corrected chi connectivity index (χ0v) is 11.6. The molecule has 0 fully saturated rings. The number of methoxy groups -OCH3 is 1. The van der Waals surface area contributed by atoms with E-state index in [-0.39, 0.29) is 19.1 Å². The third-order valence-electron chi connectivity index (χ3n) is 2.78. The van der Waals surface area contributed by atoms with Gasteiger partial charge in [-0.1, -0.05) is 13.8 Å². The number of ether oxygens (including phenoxy) is 1. The molecule has 106 valence electrons. The standard InChI is InChI=1S/C14H21NO4/c1-9(2)6-15-14(18)10-4-11(7-16)12(8-17)13(5-10)19-3/h4-5,9,16-17H,6-8H2,1-3H3,(H,15,18). The number of aliphatic hydroxyl groups excluding tert-OH is 2. The molecule has 1 aromatic rings. The van der Waals surface area contributed by atoms with Gasteiger partial charge in [-0.25, -0.2) is 0 Å². The Morgan fingerprint density at radius 2 is 2.00 bits per heavy atom. The van der Waals surface area contributed by atoms with Crippen LogP contribution in [0.5, 0.6) is 5.75 Å². The van der Waals surface area contributed by atoms with Crippen molar-refractivity contribution in [1.82, 2.24) is 5.32 Å². The van der Waals surface area contributed by atoms with Crippen LogP contribution in [0.1, 0.15) is 35.3 Å². The summed E-state index contributed by atoms with van der Waals surface area (Å²) in [5.41, 5.74) is 1.42. The van der Waals surface area contributed by atoms with Crippen molar-refractivity contribution in [3.8, 4) is 5.75 Å². The minimum absolute atomic E-state index is 0.216. The van der Waals surface area contributed by atoms with E-state index in [0.29, 0.717) is 34.9 Å². The lowest BCUT2D eigenvalue weighted by molar-refractivity contribution is 0.0948. The zero-order chi connectivity index (χ0) is 14.4. The van der Waals surface area contributed by atoms with Crippen molar-refractivity contribution in [2.45, 2.75) is 27.1 Å². The molecule has 0 aliphatic rings. The van der Waals surface area contributed by atoms with E-state index in [1.807, 2.05) is 13.8 Å². The molecule has 0 bridgehead atoms.